The van der Waals surface area contributed by atoms with Gasteiger partial charge in [0.1, 0.15) is 12.1 Å². The molecule has 0 bridgehead atoms. The molecule has 0 saturated heterocycles. The van der Waals surface area contributed by atoms with Crippen molar-refractivity contribution in [3.8, 4) is 5.69 Å². The zero-order valence-electron chi connectivity index (χ0n) is 8.47. The highest BCUT2D eigenvalue weighted by Gasteiger charge is 2.21. The smallest absolute Gasteiger partial charge is 0.271 e. The number of nitrogens with two attached hydrogens (primary N) is 1. The van der Waals surface area contributed by atoms with Crippen LogP contribution in [0, 0.1) is 0 Å². The van der Waals surface area contributed by atoms with Gasteiger partial charge in [-0.25, -0.2) is 4.98 Å². The number of primary amides is 1. The standard InChI is InChI=1S/C11H10N4O/c12-10(16)9-11-13-5-7-3-1-2-4-8(7)15(11)6-14-9/h1-4,6,13H,5H2,(H2,12,16). The Morgan fingerprint density at radius 1 is 1.44 bits per heavy atom. The lowest BCUT2D eigenvalue weighted by Crippen LogP contribution is -2.19. The molecule has 80 valence electrons. The van der Waals surface area contributed by atoms with Crippen LogP contribution in [0.25, 0.3) is 5.69 Å². The molecule has 0 radical (unpaired) electrons. The van der Waals surface area contributed by atoms with Gasteiger partial charge in [-0.2, -0.15) is 0 Å². The molecular weight excluding hydrogens is 204 g/mol. The van der Waals surface area contributed by atoms with Crippen LogP contribution in [0.2, 0.25) is 0 Å². The number of carbonyl (C=O) groups excluding carboxylic acids is 1. The Morgan fingerprint density at radius 2 is 2.25 bits per heavy atom. The van der Waals surface area contributed by atoms with E-state index >= 15 is 0 Å². The van der Waals surface area contributed by atoms with Gasteiger partial charge in [0.15, 0.2) is 5.69 Å². The largest absolute Gasteiger partial charge is 0.365 e. The maximum atomic E-state index is 11.2. The molecule has 5 heteroatoms. The van der Waals surface area contributed by atoms with Crippen molar-refractivity contribution in [1.29, 1.82) is 0 Å². The normalized spacial score (nSPS) is 12.5. The Balaban J connectivity index is 2.23. The molecule has 1 aromatic heterocycles. The monoisotopic (exact) mass is 214 g/mol. The van der Waals surface area contributed by atoms with Gasteiger partial charge >= 0.3 is 0 Å². The lowest BCUT2D eigenvalue weighted by atomic mass is 10.1. The number of aromatic nitrogens is 2. The van der Waals surface area contributed by atoms with Crippen LogP contribution in [0.15, 0.2) is 30.6 Å². The number of para-hydroxylation sites is 1. The second-order valence-electron chi connectivity index (χ2n) is 3.66. The van der Waals surface area contributed by atoms with E-state index in [1.165, 1.54) is 5.56 Å². The van der Waals surface area contributed by atoms with Gasteiger partial charge in [0.25, 0.3) is 5.91 Å². The van der Waals surface area contributed by atoms with E-state index in [9.17, 15) is 4.79 Å². The van der Waals surface area contributed by atoms with E-state index in [0.717, 1.165) is 5.69 Å². The summed E-state index contributed by atoms with van der Waals surface area (Å²) in [5.74, 6) is 0.159. The molecule has 0 atom stereocenters. The number of imidazole rings is 1. The fourth-order valence-corrected chi connectivity index (χ4v) is 1.95. The number of rotatable bonds is 1. The average Bonchev–Trinajstić information content (AvgIpc) is 2.73. The van der Waals surface area contributed by atoms with Crippen molar-refractivity contribution in [3.05, 3.63) is 41.9 Å². The molecule has 2 heterocycles. The van der Waals surface area contributed by atoms with E-state index in [2.05, 4.69) is 10.3 Å². The van der Waals surface area contributed by atoms with Crippen LogP contribution in [-0.2, 0) is 6.54 Å². The molecule has 1 amide bonds. The summed E-state index contributed by atoms with van der Waals surface area (Å²) in [5.41, 5.74) is 7.74. The van der Waals surface area contributed by atoms with Crippen molar-refractivity contribution in [2.45, 2.75) is 6.54 Å². The first-order valence-corrected chi connectivity index (χ1v) is 4.96. The SMILES string of the molecule is NC(=O)c1ncn2c1NCc1ccccc1-2. The number of anilines is 1. The zero-order chi connectivity index (χ0) is 11.1. The van der Waals surface area contributed by atoms with E-state index in [1.54, 1.807) is 6.33 Å². The predicted molar refractivity (Wildman–Crippen MR) is 59.4 cm³/mol. The molecule has 1 aliphatic heterocycles. The minimum atomic E-state index is -0.513. The number of nitrogens with zero attached hydrogens (tertiary/aromatic N) is 2. The number of amides is 1. The molecule has 0 saturated carbocycles. The van der Waals surface area contributed by atoms with Crippen molar-refractivity contribution in [2.75, 3.05) is 5.32 Å². The van der Waals surface area contributed by atoms with Crippen molar-refractivity contribution < 1.29 is 4.79 Å². The Kier molecular flexibility index (Phi) is 1.73. The lowest BCUT2D eigenvalue weighted by molar-refractivity contribution is 0.0997. The third-order valence-electron chi connectivity index (χ3n) is 2.70. The van der Waals surface area contributed by atoms with Crippen LogP contribution in [0.1, 0.15) is 16.1 Å². The highest BCUT2D eigenvalue weighted by molar-refractivity contribution is 5.96. The minimum absolute atomic E-state index is 0.287. The van der Waals surface area contributed by atoms with Crippen LogP contribution in [-0.4, -0.2) is 15.5 Å². The first kappa shape index (κ1) is 8.96. The van der Waals surface area contributed by atoms with Crippen molar-refractivity contribution in [2.24, 2.45) is 5.73 Å². The number of fused-ring (bicyclic) bond motifs is 3. The van der Waals surface area contributed by atoms with Crippen molar-refractivity contribution >= 4 is 11.7 Å². The zero-order valence-corrected chi connectivity index (χ0v) is 8.47. The highest BCUT2D eigenvalue weighted by Crippen LogP contribution is 2.27. The summed E-state index contributed by atoms with van der Waals surface area (Å²) in [6, 6.07) is 7.97. The van der Waals surface area contributed by atoms with Gasteiger partial charge in [-0.05, 0) is 11.6 Å². The second kappa shape index (κ2) is 3.10. The average molecular weight is 214 g/mol. The van der Waals surface area contributed by atoms with Gasteiger partial charge in [0, 0.05) is 6.54 Å². The molecule has 0 fully saturated rings. The molecule has 2 aromatic rings. The summed E-state index contributed by atoms with van der Waals surface area (Å²) in [6.07, 6.45) is 1.61. The molecule has 5 nitrogen and oxygen atoms in total. The van der Waals surface area contributed by atoms with Crippen LogP contribution in [0.4, 0.5) is 5.82 Å². The third kappa shape index (κ3) is 1.11. The summed E-state index contributed by atoms with van der Waals surface area (Å²) in [7, 11) is 0. The highest BCUT2D eigenvalue weighted by atomic mass is 16.1. The number of hydrogen-bond donors (Lipinski definition) is 2. The molecule has 16 heavy (non-hydrogen) atoms. The van der Waals surface area contributed by atoms with Crippen molar-refractivity contribution in [3.63, 3.8) is 0 Å². The lowest BCUT2D eigenvalue weighted by Gasteiger charge is -2.20. The summed E-state index contributed by atoms with van der Waals surface area (Å²) in [4.78, 5) is 15.2. The van der Waals surface area contributed by atoms with Crippen LogP contribution in [0.5, 0.6) is 0 Å². The maximum absolute atomic E-state index is 11.2. The quantitative estimate of drug-likeness (QED) is 0.740. The van der Waals surface area contributed by atoms with E-state index in [0.29, 0.717) is 12.4 Å². The summed E-state index contributed by atoms with van der Waals surface area (Å²) >= 11 is 0. The Labute approximate surface area is 91.9 Å². The first-order valence-electron chi connectivity index (χ1n) is 4.96. The summed E-state index contributed by atoms with van der Waals surface area (Å²) in [6.45, 7) is 0.683. The molecule has 3 N–H and O–H groups in total. The molecule has 1 aliphatic rings. The molecule has 0 unspecified atom stereocenters. The van der Waals surface area contributed by atoms with E-state index in [-0.39, 0.29) is 5.69 Å². The van der Waals surface area contributed by atoms with Gasteiger partial charge < -0.3 is 11.1 Å². The fraction of sp³-hybridized carbons (Fsp3) is 0.0909. The summed E-state index contributed by atoms with van der Waals surface area (Å²) in [5, 5.41) is 3.15. The van der Waals surface area contributed by atoms with Gasteiger partial charge in [0.2, 0.25) is 0 Å². The Morgan fingerprint density at radius 3 is 3.06 bits per heavy atom. The molecule has 0 spiro atoms. The topological polar surface area (TPSA) is 72.9 Å². The molecule has 3 rings (SSSR count). The number of carbonyl (C=O) groups is 1. The predicted octanol–water partition coefficient (Wildman–Crippen LogP) is 0.897. The van der Waals surface area contributed by atoms with E-state index < -0.39 is 5.91 Å². The van der Waals surface area contributed by atoms with Crippen LogP contribution in [0.3, 0.4) is 0 Å². The first-order chi connectivity index (χ1) is 7.77. The third-order valence-corrected chi connectivity index (χ3v) is 2.70. The number of nitrogens with one attached hydrogen (secondary N) is 1. The number of benzene rings is 1. The van der Waals surface area contributed by atoms with Gasteiger partial charge in [-0.15, -0.1) is 0 Å². The Bertz CT molecular complexity index is 573. The van der Waals surface area contributed by atoms with E-state index in [1.807, 2.05) is 28.8 Å². The van der Waals surface area contributed by atoms with Crippen LogP contribution < -0.4 is 11.1 Å². The Hall–Kier alpha value is -2.30. The second-order valence-corrected chi connectivity index (χ2v) is 3.66. The summed E-state index contributed by atoms with van der Waals surface area (Å²) < 4.78 is 1.85. The van der Waals surface area contributed by atoms with Crippen LogP contribution >= 0.6 is 0 Å². The molecule has 1 aromatic carbocycles. The van der Waals surface area contributed by atoms with E-state index in [4.69, 9.17) is 5.73 Å². The molecule has 0 aliphatic carbocycles. The van der Waals surface area contributed by atoms with Crippen molar-refractivity contribution in [1.82, 2.24) is 9.55 Å². The maximum Gasteiger partial charge on any atom is 0.271 e. The number of hydrogen-bond acceptors (Lipinski definition) is 3. The fourth-order valence-electron chi connectivity index (χ4n) is 1.95. The van der Waals surface area contributed by atoms with Gasteiger partial charge in [0.05, 0.1) is 5.69 Å². The van der Waals surface area contributed by atoms with Gasteiger partial charge in [-0.3, -0.25) is 9.36 Å². The minimum Gasteiger partial charge on any atom is -0.365 e. The molecular formula is C11H10N4O. The van der Waals surface area contributed by atoms with Gasteiger partial charge in [-0.1, -0.05) is 18.2 Å².